The Balaban J connectivity index is 1.72. The number of methoxy groups -OCH3 is 1. The molecule has 4 rings (SSSR count). The highest BCUT2D eigenvalue weighted by Gasteiger charge is 2.17. The molecule has 156 valence electrons. The van der Waals surface area contributed by atoms with Gasteiger partial charge in [0.15, 0.2) is 11.6 Å². The summed E-state index contributed by atoms with van der Waals surface area (Å²) in [6, 6.07) is 7.17. The van der Waals surface area contributed by atoms with Gasteiger partial charge in [-0.15, -0.1) is 0 Å². The molecule has 31 heavy (non-hydrogen) atoms. The van der Waals surface area contributed by atoms with E-state index in [-0.39, 0.29) is 17.3 Å². The number of carbonyl (C=O) groups excluding carboxylic acids is 1. The predicted octanol–water partition coefficient (Wildman–Crippen LogP) is 2.26. The number of aromatic nitrogens is 6. The minimum atomic E-state index is -0.669. The Hall–Kier alpha value is -4.54. The van der Waals surface area contributed by atoms with Gasteiger partial charge < -0.3 is 21.1 Å². The second kappa shape index (κ2) is 8.45. The lowest BCUT2D eigenvalue weighted by Gasteiger charge is -2.15. The molecule has 0 unspecified atom stereocenters. The third kappa shape index (κ3) is 4.24. The van der Waals surface area contributed by atoms with Crippen LogP contribution in [-0.2, 0) is 7.05 Å². The van der Waals surface area contributed by atoms with E-state index in [4.69, 9.17) is 10.5 Å². The summed E-state index contributed by atoms with van der Waals surface area (Å²) in [4.78, 5) is 29.1. The largest absolute Gasteiger partial charge is 0.494 e. The molecule has 0 aliphatic heterocycles. The van der Waals surface area contributed by atoms with Gasteiger partial charge in [-0.1, -0.05) is 6.07 Å². The molecule has 3 aromatic heterocycles. The fraction of sp³-hybridized carbons (Fsp3) is 0.100. The van der Waals surface area contributed by atoms with Crippen molar-refractivity contribution in [2.45, 2.75) is 0 Å². The highest BCUT2D eigenvalue weighted by Crippen LogP contribution is 2.36. The minimum absolute atomic E-state index is 0.125. The maximum absolute atomic E-state index is 11.9. The van der Waals surface area contributed by atoms with Gasteiger partial charge in [-0.05, 0) is 18.2 Å². The molecule has 3 heterocycles. The predicted molar refractivity (Wildman–Crippen MR) is 114 cm³/mol. The Labute approximate surface area is 177 Å². The van der Waals surface area contributed by atoms with E-state index in [1.54, 1.807) is 48.6 Å². The number of nitrogens with one attached hydrogen (secondary N) is 2. The van der Waals surface area contributed by atoms with Crippen molar-refractivity contribution < 1.29 is 9.53 Å². The topological polar surface area (TPSA) is 146 Å². The van der Waals surface area contributed by atoms with Crippen molar-refractivity contribution in [1.82, 2.24) is 29.7 Å². The maximum atomic E-state index is 11.9. The van der Waals surface area contributed by atoms with Crippen molar-refractivity contribution in [2.24, 2.45) is 12.8 Å². The summed E-state index contributed by atoms with van der Waals surface area (Å²) < 4.78 is 7.24. The number of primary amides is 1. The summed E-state index contributed by atoms with van der Waals surface area (Å²) in [7, 11) is 3.34. The van der Waals surface area contributed by atoms with Crippen LogP contribution in [0, 0.1) is 0 Å². The number of hydrogen-bond donors (Lipinski definition) is 3. The Morgan fingerprint density at radius 3 is 2.58 bits per heavy atom. The van der Waals surface area contributed by atoms with Crippen LogP contribution in [0.1, 0.15) is 10.4 Å². The number of carbonyl (C=O) groups is 1. The molecule has 0 aliphatic carbocycles. The average Bonchev–Trinajstić information content (AvgIpc) is 3.18. The van der Waals surface area contributed by atoms with Gasteiger partial charge in [0.25, 0.3) is 5.91 Å². The molecule has 0 atom stereocenters. The average molecular weight is 417 g/mol. The molecule has 0 saturated heterocycles. The standard InChI is InChI=1S/C20H19N9O2/c1-29-11-12(9-25-29)26-20-24-10-14(17(21)30)19(28-20)27-15-6-3-5-13(16(15)31-2)18-22-7-4-8-23-18/h3-11H,1-2H3,(H2,21,30)(H2,24,26,27,28). The van der Waals surface area contributed by atoms with Crippen LogP contribution < -0.4 is 21.1 Å². The fourth-order valence-electron chi connectivity index (χ4n) is 2.93. The lowest BCUT2D eigenvalue weighted by atomic mass is 10.1. The van der Waals surface area contributed by atoms with Crippen molar-refractivity contribution in [3.05, 3.63) is 60.8 Å². The summed E-state index contributed by atoms with van der Waals surface area (Å²) in [5.41, 5.74) is 7.58. The summed E-state index contributed by atoms with van der Waals surface area (Å²) in [6.07, 6.45) is 8.05. The summed E-state index contributed by atoms with van der Waals surface area (Å²) in [5.74, 6) is 0.807. The van der Waals surface area contributed by atoms with E-state index in [0.717, 1.165) is 0 Å². The first-order valence-electron chi connectivity index (χ1n) is 9.19. The number of anilines is 4. The number of amides is 1. The number of ether oxygens (including phenoxy) is 1. The SMILES string of the molecule is COc1c(Nc2nc(Nc3cnn(C)c3)ncc2C(N)=O)cccc1-c1ncccn1. The van der Waals surface area contributed by atoms with E-state index < -0.39 is 5.91 Å². The Kier molecular flexibility index (Phi) is 5.39. The molecular formula is C20H19N9O2. The number of para-hydroxylation sites is 1. The van der Waals surface area contributed by atoms with Gasteiger partial charge in [0.2, 0.25) is 5.95 Å². The van der Waals surface area contributed by atoms with Gasteiger partial charge in [-0.3, -0.25) is 9.48 Å². The number of nitrogens with two attached hydrogens (primary N) is 1. The van der Waals surface area contributed by atoms with Crippen molar-refractivity contribution in [3.8, 4) is 17.1 Å². The monoisotopic (exact) mass is 417 g/mol. The van der Waals surface area contributed by atoms with Crippen LogP contribution in [0.4, 0.5) is 23.1 Å². The third-order valence-electron chi connectivity index (χ3n) is 4.29. The van der Waals surface area contributed by atoms with Crippen LogP contribution in [0.25, 0.3) is 11.4 Å². The zero-order valence-corrected chi connectivity index (χ0v) is 16.8. The van der Waals surface area contributed by atoms with E-state index in [9.17, 15) is 4.79 Å². The van der Waals surface area contributed by atoms with Crippen LogP contribution >= 0.6 is 0 Å². The number of rotatable bonds is 7. The molecule has 4 aromatic rings. The highest BCUT2D eigenvalue weighted by atomic mass is 16.5. The second-order valence-corrected chi connectivity index (χ2v) is 6.43. The first kappa shape index (κ1) is 19.8. The van der Waals surface area contributed by atoms with Crippen LogP contribution in [0.5, 0.6) is 5.75 Å². The molecule has 11 nitrogen and oxygen atoms in total. The van der Waals surface area contributed by atoms with Gasteiger partial charge in [0, 0.05) is 31.8 Å². The normalized spacial score (nSPS) is 10.5. The van der Waals surface area contributed by atoms with E-state index in [1.165, 1.54) is 13.3 Å². The molecule has 1 aromatic carbocycles. The molecule has 11 heteroatoms. The minimum Gasteiger partial charge on any atom is -0.494 e. The molecule has 0 spiro atoms. The van der Waals surface area contributed by atoms with Crippen molar-refractivity contribution in [2.75, 3.05) is 17.7 Å². The molecule has 0 bridgehead atoms. The van der Waals surface area contributed by atoms with Crippen molar-refractivity contribution in [3.63, 3.8) is 0 Å². The number of hydrogen-bond acceptors (Lipinski definition) is 9. The summed E-state index contributed by atoms with van der Waals surface area (Å²) in [6.45, 7) is 0. The molecule has 0 radical (unpaired) electrons. The quantitative estimate of drug-likeness (QED) is 0.412. The Morgan fingerprint density at radius 1 is 1.10 bits per heavy atom. The third-order valence-corrected chi connectivity index (χ3v) is 4.29. The number of nitrogens with zero attached hydrogens (tertiary/aromatic N) is 6. The smallest absolute Gasteiger partial charge is 0.254 e. The van der Waals surface area contributed by atoms with E-state index in [0.29, 0.717) is 28.5 Å². The maximum Gasteiger partial charge on any atom is 0.254 e. The van der Waals surface area contributed by atoms with E-state index >= 15 is 0 Å². The molecule has 4 N–H and O–H groups in total. The molecule has 0 aliphatic rings. The summed E-state index contributed by atoms with van der Waals surface area (Å²) in [5, 5.41) is 10.2. The Morgan fingerprint density at radius 2 is 1.90 bits per heavy atom. The molecule has 0 saturated carbocycles. The van der Waals surface area contributed by atoms with Crippen LogP contribution in [0.15, 0.2) is 55.2 Å². The van der Waals surface area contributed by atoms with Gasteiger partial charge >= 0.3 is 0 Å². The highest BCUT2D eigenvalue weighted by molar-refractivity contribution is 5.98. The molecular weight excluding hydrogens is 398 g/mol. The van der Waals surface area contributed by atoms with Crippen LogP contribution in [0.3, 0.4) is 0 Å². The fourth-order valence-corrected chi connectivity index (χ4v) is 2.93. The van der Waals surface area contributed by atoms with Gasteiger partial charge in [0.05, 0.1) is 30.2 Å². The van der Waals surface area contributed by atoms with Gasteiger partial charge in [-0.25, -0.2) is 15.0 Å². The molecule has 0 fully saturated rings. The van der Waals surface area contributed by atoms with Crippen molar-refractivity contribution >= 4 is 29.0 Å². The zero-order chi connectivity index (χ0) is 21.8. The molecule has 1 amide bonds. The van der Waals surface area contributed by atoms with Gasteiger partial charge in [0.1, 0.15) is 11.4 Å². The van der Waals surface area contributed by atoms with E-state index in [2.05, 4.69) is 35.7 Å². The second-order valence-electron chi connectivity index (χ2n) is 6.43. The number of benzene rings is 1. The lowest BCUT2D eigenvalue weighted by molar-refractivity contribution is 0.100. The number of aryl methyl sites for hydroxylation is 1. The van der Waals surface area contributed by atoms with Crippen LogP contribution in [-0.4, -0.2) is 42.7 Å². The van der Waals surface area contributed by atoms with Gasteiger partial charge in [-0.2, -0.15) is 10.1 Å². The Bertz CT molecular complexity index is 1220. The summed E-state index contributed by atoms with van der Waals surface area (Å²) >= 11 is 0. The first-order chi connectivity index (χ1) is 15.0. The first-order valence-corrected chi connectivity index (χ1v) is 9.19. The van der Waals surface area contributed by atoms with Crippen LogP contribution in [0.2, 0.25) is 0 Å². The van der Waals surface area contributed by atoms with E-state index in [1.807, 2.05) is 12.1 Å². The zero-order valence-electron chi connectivity index (χ0n) is 16.8. The lowest BCUT2D eigenvalue weighted by Crippen LogP contribution is -2.16. The van der Waals surface area contributed by atoms with Crippen molar-refractivity contribution in [1.29, 1.82) is 0 Å².